The van der Waals surface area contributed by atoms with Gasteiger partial charge in [0.25, 0.3) is 0 Å². The molecule has 0 aliphatic carbocycles. The third-order valence-corrected chi connectivity index (χ3v) is 1.87. The molecule has 0 aromatic heterocycles. The minimum absolute atomic E-state index is 0.244. The Kier molecular flexibility index (Phi) is 3.29. The van der Waals surface area contributed by atoms with Gasteiger partial charge in [0.2, 0.25) is 0 Å². The van der Waals surface area contributed by atoms with E-state index in [0.717, 1.165) is 13.1 Å². The zero-order valence-corrected chi connectivity index (χ0v) is 7.62. The van der Waals surface area contributed by atoms with Crippen molar-refractivity contribution < 1.29 is 9.53 Å². The lowest BCUT2D eigenvalue weighted by Gasteiger charge is -1.95. The van der Waals surface area contributed by atoms with Crippen molar-refractivity contribution in [3.63, 3.8) is 0 Å². The first-order valence-corrected chi connectivity index (χ1v) is 4.31. The van der Waals surface area contributed by atoms with E-state index in [0.29, 0.717) is 12.6 Å². The first-order valence-electron chi connectivity index (χ1n) is 4.31. The van der Waals surface area contributed by atoms with Gasteiger partial charge in [-0.15, -0.1) is 0 Å². The van der Waals surface area contributed by atoms with E-state index in [4.69, 9.17) is 4.74 Å². The van der Waals surface area contributed by atoms with Gasteiger partial charge < -0.3 is 4.74 Å². The minimum Gasteiger partial charge on any atom is -0.463 e. The molecule has 1 fully saturated rings. The molecule has 0 bridgehead atoms. The SMILES string of the molecule is CCOC(=O)C=CCN1CC1C. The molecule has 0 saturated carbocycles. The highest BCUT2D eigenvalue weighted by molar-refractivity contribution is 5.81. The average molecular weight is 169 g/mol. The molecular weight excluding hydrogens is 154 g/mol. The van der Waals surface area contributed by atoms with Gasteiger partial charge in [0, 0.05) is 25.2 Å². The summed E-state index contributed by atoms with van der Waals surface area (Å²) in [5.41, 5.74) is 0. The van der Waals surface area contributed by atoms with E-state index in [1.807, 2.05) is 6.08 Å². The van der Waals surface area contributed by atoms with Crippen LogP contribution in [0.25, 0.3) is 0 Å². The van der Waals surface area contributed by atoms with Crippen LogP contribution in [-0.2, 0) is 9.53 Å². The quantitative estimate of drug-likeness (QED) is 0.354. The topological polar surface area (TPSA) is 29.3 Å². The largest absolute Gasteiger partial charge is 0.463 e. The van der Waals surface area contributed by atoms with Gasteiger partial charge in [0.1, 0.15) is 0 Å². The zero-order valence-electron chi connectivity index (χ0n) is 7.62. The van der Waals surface area contributed by atoms with E-state index < -0.39 is 0 Å². The fraction of sp³-hybridized carbons (Fsp3) is 0.667. The van der Waals surface area contributed by atoms with Crippen LogP contribution >= 0.6 is 0 Å². The molecule has 68 valence electrons. The van der Waals surface area contributed by atoms with Crippen LogP contribution in [0.2, 0.25) is 0 Å². The van der Waals surface area contributed by atoms with Crippen LogP contribution < -0.4 is 0 Å². The summed E-state index contributed by atoms with van der Waals surface area (Å²) >= 11 is 0. The molecule has 1 heterocycles. The summed E-state index contributed by atoms with van der Waals surface area (Å²) in [4.78, 5) is 13.1. The predicted octanol–water partition coefficient (Wildman–Crippen LogP) is 0.810. The Morgan fingerprint density at radius 1 is 1.75 bits per heavy atom. The van der Waals surface area contributed by atoms with Crippen LogP contribution in [0.15, 0.2) is 12.2 Å². The number of nitrogens with zero attached hydrogens (tertiary/aromatic N) is 1. The fourth-order valence-electron chi connectivity index (χ4n) is 1.02. The second kappa shape index (κ2) is 4.26. The van der Waals surface area contributed by atoms with E-state index in [9.17, 15) is 4.79 Å². The summed E-state index contributed by atoms with van der Waals surface area (Å²) in [5.74, 6) is -0.244. The normalized spacial score (nSPS) is 27.5. The number of carbonyl (C=O) groups is 1. The molecule has 0 spiro atoms. The van der Waals surface area contributed by atoms with E-state index in [1.54, 1.807) is 6.92 Å². The molecule has 1 rings (SSSR count). The molecule has 2 atom stereocenters. The molecule has 1 aliphatic heterocycles. The van der Waals surface area contributed by atoms with Gasteiger partial charge in [0.05, 0.1) is 6.61 Å². The second-order valence-corrected chi connectivity index (χ2v) is 2.96. The van der Waals surface area contributed by atoms with Crippen molar-refractivity contribution in [3.8, 4) is 0 Å². The summed E-state index contributed by atoms with van der Waals surface area (Å²) in [6, 6.07) is 0.692. The van der Waals surface area contributed by atoms with Crippen LogP contribution in [0.3, 0.4) is 0 Å². The number of hydrogen-bond donors (Lipinski definition) is 0. The van der Waals surface area contributed by atoms with Gasteiger partial charge in [0.15, 0.2) is 0 Å². The van der Waals surface area contributed by atoms with Crippen molar-refractivity contribution in [2.45, 2.75) is 19.9 Å². The van der Waals surface area contributed by atoms with Gasteiger partial charge in [-0.3, -0.25) is 4.90 Å². The van der Waals surface area contributed by atoms with Crippen molar-refractivity contribution in [2.24, 2.45) is 0 Å². The van der Waals surface area contributed by atoms with Crippen molar-refractivity contribution >= 4 is 5.97 Å². The van der Waals surface area contributed by atoms with Crippen LogP contribution in [-0.4, -0.2) is 36.6 Å². The fourth-order valence-corrected chi connectivity index (χ4v) is 1.02. The second-order valence-electron chi connectivity index (χ2n) is 2.96. The van der Waals surface area contributed by atoms with Gasteiger partial charge in [-0.1, -0.05) is 6.08 Å². The summed E-state index contributed by atoms with van der Waals surface area (Å²) in [6.45, 7) is 6.42. The predicted molar refractivity (Wildman–Crippen MR) is 46.8 cm³/mol. The van der Waals surface area contributed by atoms with E-state index >= 15 is 0 Å². The van der Waals surface area contributed by atoms with Crippen LogP contribution in [0.4, 0.5) is 0 Å². The summed E-state index contributed by atoms with van der Waals surface area (Å²) in [5, 5.41) is 0. The highest BCUT2D eigenvalue weighted by Crippen LogP contribution is 2.14. The van der Waals surface area contributed by atoms with Crippen molar-refractivity contribution in [3.05, 3.63) is 12.2 Å². The Morgan fingerprint density at radius 3 is 2.92 bits per heavy atom. The van der Waals surface area contributed by atoms with E-state index in [1.165, 1.54) is 6.08 Å². The smallest absolute Gasteiger partial charge is 0.330 e. The van der Waals surface area contributed by atoms with E-state index in [2.05, 4.69) is 11.8 Å². The molecule has 12 heavy (non-hydrogen) atoms. The molecule has 3 nitrogen and oxygen atoms in total. The molecule has 1 saturated heterocycles. The highest BCUT2D eigenvalue weighted by atomic mass is 16.5. The standard InChI is InChI=1S/C9H15NO2/c1-3-12-9(11)5-4-6-10-7-8(10)2/h4-5,8H,3,6-7H2,1-2H3. The lowest BCUT2D eigenvalue weighted by Crippen LogP contribution is -2.02. The lowest BCUT2D eigenvalue weighted by molar-refractivity contribution is -0.137. The van der Waals surface area contributed by atoms with E-state index in [-0.39, 0.29) is 5.97 Å². The minimum atomic E-state index is -0.244. The average Bonchev–Trinajstić information content (AvgIpc) is 2.67. The molecule has 1 aliphatic rings. The van der Waals surface area contributed by atoms with Crippen LogP contribution in [0, 0.1) is 0 Å². The lowest BCUT2D eigenvalue weighted by atomic mass is 10.5. The molecule has 0 amide bonds. The highest BCUT2D eigenvalue weighted by Gasteiger charge is 2.26. The first-order chi connectivity index (χ1) is 5.74. The number of carbonyl (C=O) groups excluding carboxylic acids is 1. The Balaban J connectivity index is 2.08. The number of hydrogen-bond acceptors (Lipinski definition) is 3. The maximum Gasteiger partial charge on any atom is 0.330 e. The third kappa shape index (κ3) is 3.05. The molecule has 0 radical (unpaired) electrons. The molecular formula is C9H15NO2. The van der Waals surface area contributed by atoms with Gasteiger partial charge in [-0.05, 0) is 13.8 Å². The number of esters is 1. The zero-order chi connectivity index (χ0) is 8.97. The Labute approximate surface area is 73.0 Å². The first kappa shape index (κ1) is 9.26. The molecule has 3 heteroatoms. The maximum atomic E-state index is 10.8. The Bertz CT molecular complexity index is 189. The molecule has 2 unspecified atom stereocenters. The van der Waals surface area contributed by atoms with Crippen LogP contribution in [0.5, 0.6) is 0 Å². The Morgan fingerprint density at radius 2 is 2.42 bits per heavy atom. The molecule has 0 N–H and O–H groups in total. The maximum absolute atomic E-state index is 10.8. The Hall–Kier alpha value is -0.830. The number of ether oxygens (including phenoxy) is 1. The molecule has 0 aromatic rings. The summed E-state index contributed by atoms with van der Waals surface area (Å²) in [6.07, 6.45) is 3.34. The van der Waals surface area contributed by atoms with Crippen molar-refractivity contribution in [1.82, 2.24) is 4.90 Å². The summed E-state index contributed by atoms with van der Waals surface area (Å²) in [7, 11) is 0. The monoisotopic (exact) mass is 169 g/mol. The van der Waals surface area contributed by atoms with Gasteiger partial charge in [-0.2, -0.15) is 0 Å². The summed E-state index contributed by atoms with van der Waals surface area (Å²) < 4.78 is 4.73. The number of rotatable bonds is 4. The van der Waals surface area contributed by atoms with Crippen LogP contribution in [0.1, 0.15) is 13.8 Å². The van der Waals surface area contributed by atoms with Gasteiger partial charge >= 0.3 is 5.97 Å². The van der Waals surface area contributed by atoms with Crippen molar-refractivity contribution in [1.29, 1.82) is 0 Å². The van der Waals surface area contributed by atoms with Gasteiger partial charge in [-0.25, -0.2) is 4.79 Å². The van der Waals surface area contributed by atoms with Crippen molar-refractivity contribution in [2.75, 3.05) is 19.7 Å². The molecule has 0 aromatic carbocycles. The third-order valence-electron chi connectivity index (χ3n) is 1.87.